The molecular formula is C15H13NOS. The minimum atomic E-state index is 0.197. The van der Waals surface area contributed by atoms with Crippen LogP contribution >= 0.6 is 11.3 Å². The zero-order chi connectivity index (χ0) is 12.4. The van der Waals surface area contributed by atoms with E-state index >= 15 is 0 Å². The van der Waals surface area contributed by atoms with Crippen LogP contribution in [0.3, 0.4) is 0 Å². The molecule has 0 atom stereocenters. The zero-order valence-electron chi connectivity index (χ0n) is 9.84. The molecule has 0 amide bonds. The molecule has 0 aliphatic heterocycles. The summed E-state index contributed by atoms with van der Waals surface area (Å²) in [5.74, 6) is 0. The van der Waals surface area contributed by atoms with Crippen LogP contribution in [0, 0.1) is 0 Å². The summed E-state index contributed by atoms with van der Waals surface area (Å²) in [6.07, 6.45) is 2.54. The van der Waals surface area contributed by atoms with Crippen molar-refractivity contribution in [3.05, 3.63) is 53.5 Å². The molecule has 0 aliphatic rings. The number of hydrogen-bond acceptors (Lipinski definition) is 3. The first kappa shape index (κ1) is 11.4. The molecule has 0 fully saturated rings. The predicted octanol–water partition coefficient (Wildman–Crippen LogP) is 3.50. The van der Waals surface area contributed by atoms with Gasteiger partial charge >= 0.3 is 0 Å². The third kappa shape index (κ3) is 2.15. The third-order valence-electron chi connectivity index (χ3n) is 2.98. The van der Waals surface area contributed by atoms with Gasteiger partial charge in [0.2, 0.25) is 0 Å². The Kier molecular flexibility index (Phi) is 3.09. The summed E-state index contributed by atoms with van der Waals surface area (Å²) >= 11 is 1.65. The molecule has 0 bridgehead atoms. The average Bonchev–Trinajstić information content (AvgIpc) is 2.92. The molecule has 0 saturated heterocycles. The molecule has 3 rings (SSSR count). The van der Waals surface area contributed by atoms with Crippen molar-refractivity contribution in [2.45, 2.75) is 6.42 Å². The molecule has 18 heavy (non-hydrogen) atoms. The number of benzene rings is 2. The van der Waals surface area contributed by atoms with Gasteiger partial charge in [-0.3, -0.25) is 0 Å². The summed E-state index contributed by atoms with van der Waals surface area (Å²) in [4.78, 5) is 4.33. The van der Waals surface area contributed by atoms with Crippen molar-refractivity contribution in [1.82, 2.24) is 4.98 Å². The minimum Gasteiger partial charge on any atom is -0.396 e. The Labute approximate surface area is 110 Å². The van der Waals surface area contributed by atoms with Gasteiger partial charge in [0.25, 0.3) is 0 Å². The van der Waals surface area contributed by atoms with Crippen LogP contribution in [0.2, 0.25) is 0 Å². The van der Waals surface area contributed by atoms with Crippen molar-refractivity contribution in [3.8, 4) is 10.6 Å². The van der Waals surface area contributed by atoms with E-state index in [0.29, 0.717) is 6.42 Å². The Morgan fingerprint density at radius 3 is 2.67 bits per heavy atom. The van der Waals surface area contributed by atoms with Crippen molar-refractivity contribution < 1.29 is 5.11 Å². The Morgan fingerprint density at radius 2 is 1.89 bits per heavy atom. The second-order valence-corrected chi connectivity index (χ2v) is 5.10. The van der Waals surface area contributed by atoms with Gasteiger partial charge in [0.05, 0.1) is 0 Å². The van der Waals surface area contributed by atoms with Gasteiger partial charge in [-0.25, -0.2) is 4.98 Å². The van der Waals surface area contributed by atoms with Gasteiger partial charge in [-0.1, -0.05) is 30.3 Å². The van der Waals surface area contributed by atoms with Crippen molar-refractivity contribution in [2.24, 2.45) is 0 Å². The number of aromatic nitrogens is 1. The highest BCUT2D eigenvalue weighted by Gasteiger charge is 2.02. The van der Waals surface area contributed by atoms with E-state index in [2.05, 4.69) is 41.4 Å². The molecule has 0 radical (unpaired) electrons. The first-order chi connectivity index (χ1) is 8.86. The van der Waals surface area contributed by atoms with E-state index in [1.165, 1.54) is 16.3 Å². The molecule has 0 aliphatic carbocycles. The SMILES string of the molecule is OCCc1ccc2cc(-c3nccs3)ccc2c1. The molecule has 0 saturated carbocycles. The first-order valence-corrected chi connectivity index (χ1v) is 6.78. The van der Waals surface area contributed by atoms with Gasteiger partial charge in [-0.05, 0) is 28.8 Å². The molecule has 1 N–H and O–H groups in total. The number of nitrogens with zero attached hydrogens (tertiary/aromatic N) is 1. The van der Waals surface area contributed by atoms with Crippen LogP contribution in [0.15, 0.2) is 48.0 Å². The fourth-order valence-electron chi connectivity index (χ4n) is 2.08. The second kappa shape index (κ2) is 4.88. The van der Waals surface area contributed by atoms with Gasteiger partial charge in [-0.2, -0.15) is 0 Å². The van der Waals surface area contributed by atoms with E-state index in [1.807, 2.05) is 11.6 Å². The maximum Gasteiger partial charge on any atom is 0.123 e. The van der Waals surface area contributed by atoms with E-state index in [0.717, 1.165) is 10.6 Å². The standard InChI is InChI=1S/C15H13NOS/c17-7-5-11-1-2-13-10-14(4-3-12(13)9-11)15-16-6-8-18-15/h1-4,6,8-10,17H,5,7H2. The Bertz CT molecular complexity index is 661. The molecule has 3 heteroatoms. The number of aliphatic hydroxyl groups excluding tert-OH is 1. The molecule has 3 aromatic rings. The summed E-state index contributed by atoms with van der Waals surface area (Å²) in [5.41, 5.74) is 2.33. The summed E-state index contributed by atoms with van der Waals surface area (Å²) in [7, 11) is 0. The lowest BCUT2D eigenvalue weighted by Gasteiger charge is -2.04. The van der Waals surface area contributed by atoms with Gasteiger partial charge < -0.3 is 5.11 Å². The largest absolute Gasteiger partial charge is 0.396 e. The Hall–Kier alpha value is -1.71. The van der Waals surface area contributed by atoms with Crippen molar-refractivity contribution in [1.29, 1.82) is 0 Å². The smallest absolute Gasteiger partial charge is 0.123 e. The van der Waals surface area contributed by atoms with Crippen LogP contribution < -0.4 is 0 Å². The minimum absolute atomic E-state index is 0.197. The van der Waals surface area contributed by atoms with Crippen LogP contribution in [0.5, 0.6) is 0 Å². The van der Waals surface area contributed by atoms with Crippen LogP contribution in [0.25, 0.3) is 21.3 Å². The Morgan fingerprint density at radius 1 is 1.06 bits per heavy atom. The van der Waals surface area contributed by atoms with Crippen LogP contribution in [0.1, 0.15) is 5.56 Å². The molecule has 90 valence electrons. The van der Waals surface area contributed by atoms with E-state index in [1.54, 1.807) is 11.3 Å². The molecule has 2 aromatic carbocycles. The van der Waals surface area contributed by atoms with Crippen LogP contribution in [0.4, 0.5) is 0 Å². The van der Waals surface area contributed by atoms with Gasteiger partial charge in [-0.15, -0.1) is 11.3 Å². The molecule has 2 nitrogen and oxygen atoms in total. The maximum atomic E-state index is 8.95. The first-order valence-electron chi connectivity index (χ1n) is 5.90. The predicted molar refractivity (Wildman–Crippen MR) is 75.8 cm³/mol. The number of aliphatic hydroxyl groups is 1. The summed E-state index contributed by atoms with van der Waals surface area (Å²) in [6, 6.07) is 12.7. The van der Waals surface area contributed by atoms with E-state index in [4.69, 9.17) is 5.11 Å². The summed E-state index contributed by atoms with van der Waals surface area (Å²) in [6.45, 7) is 0.197. The molecular weight excluding hydrogens is 242 g/mol. The lowest BCUT2D eigenvalue weighted by atomic mass is 10.0. The number of rotatable bonds is 3. The number of hydrogen-bond donors (Lipinski definition) is 1. The zero-order valence-corrected chi connectivity index (χ0v) is 10.7. The van der Waals surface area contributed by atoms with Gasteiger partial charge in [0.15, 0.2) is 0 Å². The number of thiazole rings is 1. The summed E-state index contributed by atoms with van der Waals surface area (Å²) in [5, 5.41) is 14.4. The lowest BCUT2D eigenvalue weighted by Crippen LogP contribution is -1.90. The second-order valence-electron chi connectivity index (χ2n) is 4.21. The van der Waals surface area contributed by atoms with Crippen molar-refractivity contribution in [2.75, 3.05) is 6.61 Å². The average molecular weight is 255 g/mol. The van der Waals surface area contributed by atoms with Crippen molar-refractivity contribution >= 4 is 22.1 Å². The van der Waals surface area contributed by atoms with Gasteiger partial charge in [0.1, 0.15) is 5.01 Å². The maximum absolute atomic E-state index is 8.95. The lowest BCUT2D eigenvalue weighted by molar-refractivity contribution is 0.299. The monoisotopic (exact) mass is 255 g/mol. The Balaban J connectivity index is 2.06. The quantitative estimate of drug-likeness (QED) is 0.777. The van der Waals surface area contributed by atoms with E-state index < -0.39 is 0 Å². The molecule has 1 heterocycles. The van der Waals surface area contributed by atoms with Crippen LogP contribution in [-0.4, -0.2) is 16.7 Å². The third-order valence-corrected chi connectivity index (χ3v) is 3.81. The van der Waals surface area contributed by atoms with E-state index in [9.17, 15) is 0 Å². The van der Waals surface area contributed by atoms with Crippen molar-refractivity contribution in [3.63, 3.8) is 0 Å². The fraction of sp³-hybridized carbons (Fsp3) is 0.133. The van der Waals surface area contributed by atoms with Gasteiger partial charge in [0, 0.05) is 23.7 Å². The van der Waals surface area contributed by atoms with E-state index in [-0.39, 0.29) is 6.61 Å². The highest BCUT2D eigenvalue weighted by Crippen LogP contribution is 2.26. The topological polar surface area (TPSA) is 33.1 Å². The van der Waals surface area contributed by atoms with Crippen LogP contribution in [-0.2, 0) is 6.42 Å². The molecule has 0 unspecified atom stereocenters. The highest BCUT2D eigenvalue weighted by atomic mass is 32.1. The highest BCUT2D eigenvalue weighted by molar-refractivity contribution is 7.13. The summed E-state index contributed by atoms with van der Waals surface area (Å²) < 4.78 is 0. The normalized spacial score (nSPS) is 10.9. The number of fused-ring (bicyclic) bond motifs is 1. The fourth-order valence-corrected chi connectivity index (χ4v) is 2.71. The molecule has 1 aromatic heterocycles. The molecule has 0 spiro atoms.